The van der Waals surface area contributed by atoms with Crippen LogP contribution in [-0.2, 0) is 4.74 Å². The summed E-state index contributed by atoms with van der Waals surface area (Å²) in [5, 5.41) is 5.63. The van der Waals surface area contributed by atoms with Gasteiger partial charge < -0.3 is 24.5 Å². The number of nitrogens with one attached hydrogen (secondary N) is 2. The fourth-order valence-electron chi connectivity index (χ4n) is 2.03. The van der Waals surface area contributed by atoms with Gasteiger partial charge >= 0.3 is 6.03 Å². The Kier molecular flexibility index (Phi) is 5.43. The Bertz CT molecular complexity index is 611. The van der Waals surface area contributed by atoms with E-state index in [0.29, 0.717) is 23.8 Å². The van der Waals surface area contributed by atoms with Crippen LogP contribution in [0.1, 0.15) is 17.4 Å². The zero-order valence-corrected chi connectivity index (χ0v) is 12.9. The van der Waals surface area contributed by atoms with Gasteiger partial charge in [0, 0.05) is 18.9 Å². The first-order valence-corrected chi connectivity index (χ1v) is 6.88. The van der Waals surface area contributed by atoms with Crippen LogP contribution in [0.4, 0.5) is 10.5 Å². The molecule has 1 aromatic carbocycles. The summed E-state index contributed by atoms with van der Waals surface area (Å²) in [7, 11) is 3.15. The Morgan fingerprint density at radius 1 is 1.32 bits per heavy atom. The Morgan fingerprint density at radius 2 is 2.14 bits per heavy atom. The number of aryl methyl sites for hydroxylation is 1. The topological polar surface area (TPSA) is 72.7 Å². The van der Waals surface area contributed by atoms with Crippen molar-refractivity contribution in [3.05, 3.63) is 47.9 Å². The van der Waals surface area contributed by atoms with Gasteiger partial charge in [0.2, 0.25) is 0 Å². The molecule has 118 valence electrons. The quantitative estimate of drug-likeness (QED) is 0.860. The lowest BCUT2D eigenvalue weighted by atomic mass is 10.2. The molecule has 0 radical (unpaired) electrons. The van der Waals surface area contributed by atoms with Crippen LogP contribution in [0.5, 0.6) is 5.75 Å². The maximum absolute atomic E-state index is 12.2. The molecule has 2 N–H and O–H groups in total. The zero-order valence-electron chi connectivity index (χ0n) is 12.9. The van der Waals surface area contributed by atoms with Gasteiger partial charge in [0.15, 0.2) is 0 Å². The lowest BCUT2D eigenvalue weighted by Crippen LogP contribution is -2.34. The number of hydrogen-bond donors (Lipinski definition) is 2. The lowest BCUT2D eigenvalue weighted by molar-refractivity contribution is 0.159. The van der Waals surface area contributed by atoms with Gasteiger partial charge in [0.1, 0.15) is 17.6 Å². The number of furan rings is 1. The van der Waals surface area contributed by atoms with Gasteiger partial charge in [-0.3, -0.25) is 0 Å². The highest BCUT2D eigenvalue weighted by Gasteiger charge is 2.17. The molecule has 6 nitrogen and oxygen atoms in total. The minimum atomic E-state index is -0.356. The second-order valence-corrected chi connectivity index (χ2v) is 4.80. The second-order valence-electron chi connectivity index (χ2n) is 4.80. The van der Waals surface area contributed by atoms with E-state index in [9.17, 15) is 4.79 Å². The third-order valence-corrected chi connectivity index (χ3v) is 3.22. The van der Waals surface area contributed by atoms with Gasteiger partial charge in [0.25, 0.3) is 0 Å². The maximum Gasteiger partial charge on any atom is 0.319 e. The Labute approximate surface area is 129 Å². The monoisotopic (exact) mass is 304 g/mol. The molecule has 1 atom stereocenters. The largest absolute Gasteiger partial charge is 0.497 e. The molecule has 1 unspecified atom stereocenters. The molecular weight excluding hydrogens is 284 g/mol. The van der Waals surface area contributed by atoms with Crippen molar-refractivity contribution in [2.45, 2.75) is 13.0 Å². The standard InChI is InChI=1S/C16H20N2O4/c1-11-6-7-12(21-3)9-13(11)17-16(19)18-14(10-20-2)15-5-4-8-22-15/h4-9,14H,10H2,1-3H3,(H2,17,18,19). The van der Waals surface area contributed by atoms with Crippen molar-refractivity contribution in [1.29, 1.82) is 0 Å². The Morgan fingerprint density at radius 3 is 2.77 bits per heavy atom. The van der Waals surface area contributed by atoms with Gasteiger partial charge in [-0.2, -0.15) is 0 Å². The van der Waals surface area contributed by atoms with Crippen LogP contribution in [0.25, 0.3) is 0 Å². The second kappa shape index (κ2) is 7.51. The number of anilines is 1. The number of hydrogen-bond acceptors (Lipinski definition) is 4. The lowest BCUT2D eigenvalue weighted by Gasteiger charge is -2.17. The number of carbonyl (C=O) groups excluding carboxylic acids is 1. The normalized spacial score (nSPS) is 11.8. The average Bonchev–Trinajstić information content (AvgIpc) is 3.03. The molecule has 2 aromatic rings. The SMILES string of the molecule is COCC(NC(=O)Nc1cc(OC)ccc1C)c1ccco1. The molecule has 0 saturated heterocycles. The summed E-state index contributed by atoms with van der Waals surface area (Å²) in [5.74, 6) is 1.32. The van der Waals surface area contributed by atoms with Crippen LogP contribution in [0.3, 0.4) is 0 Å². The van der Waals surface area contributed by atoms with E-state index in [1.165, 1.54) is 0 Å². The number of amides is 2. The third-order valence-electron chi connectivity index (χ3n) is 3.22. The average molecular weight is 304 g/mol. The van der Waals surface area contributed by atoms with Crippen molar-refractivity contribution in [2.24, 2.45) is 0 Å². The van der Waals surface area contributed by atoms with Crippen molar-refractivity contribution < 1.29 is 18.7 Å². The highest BCUT2D eigenvalue weighted by atomic mass is 16.5. The van der Waals surface area contributed by atoms with Crippen molar-refractivity contribution in [2.75, 3.05) is 26.1 Å². The molecule has 2 rings (SSSR count). The number of urea groups is 1. The number of benzene rings is 1. The van der Waals surface area contributed by atoms with E-state index in [2.05, 4.69) is 10.6 Å². The van der Waals surface area contributed by atoms with Crippen LogP contribution in [0.2, 0.25) is 0 Å². The van der Waals surface area contributed by atoms with E-state index in [4.69, 9.17) is 13.9 Å². The van der Waals surface area contributed by atoms with Crippen molar-refractivity contribution in [1.82, 2.24) is 5.32 Å². The smallest absolute Gasteiger partial charge is 0.319 e. The van der Waals surface area contributed by atoms with Gasteiger partial charge in [-0.15, -0.1) is 0 Å². The Hall–Kier alpha value is -2.47. The highest BCUT2D eigenvalue weighted by Crippen LogP contribution is 2.22. The maximum atomic E-state index is 12.2. The van der Waals surface area contributed by atoms with E-state index in [1.807, 2.05) is 19.1 Å². The van der Waals surface area contributed by atoms with E-state index in [0.717, 1.165) is 5.56 Å². The fraction of sp³-hybridized carbons (Fsp3) is 0.312. The molecule has 0 fully saturated rings. The van der Waals surface area contributed by atoms with Crippen LogP contribution in [0.15, 0.2) is 41.0 Å². The molecule has 0 aliphatic carbocycles. The molecule has 1 heterocycles. The van der Waals surface area contributed by atoms with Crippen LogP contribution in [-0.4, -0.2) is 26.9 Å². The summed E-state index contributed by atoms with van der Waals surface area (Å²) in [6.07, 6.45) is 1.56. The summed E-state index contributed by atoms with van der Waals surface area (Å²) < 4.78 is 15.6. The minimum Gasteiger partial charge on any atom is -0.497 e. The van der Waals surface area contributed by atoms with Crippen LogP contribution in [0, 0.1) is 6.92 Å². The molecule has 2 amide bonds. The fourth-order valence-corrected chi connectivity index (χ4v) is 2.03. The van der Waals surface area contributed by atoms with Crippen molar-refractivity contribution in [3.8, 4) is 5.75 Å². The molecule has 22 heavy (non-hydrogen) atoms. The third kappa shape index (κ3) is 4.02. The predicted molar refractivity (Wildman–Crippen MR) is 83.2 cm³/mol. The molecular formula is C16H20N2O4. The molecule has 0 aliphatic rings. The molecule has 0 aliphatic heterocycles. The molecule has 0 bridgehead atoms. The highest BCUT2D eigenvalue weighted by molar-refractivity contribution is 5.90. The number of methoxy groups -OCH3 is 2. The number of rotatable bonds is 6. The zero-order chi connectivity index (χ0) is 15.9. The summed E-state index contributed by atoms with van der Waals surface area (Å²) in [6, 6.07) is 8.36. The summed E-state index contributed by atoms with van der Waals surface area (Å²) in [5.41, 5.74) is 1.63. The van der Waals surface area contributed by atoms with Crippen molar-refractivity contribution >= 4 is 11.7 Å². The number of carbonyl (C=O) groups is 1. The first kappa shape index (κ1) is 15.9. The first-order chi connectivity index (χ1) is 10.6. The van der Waals surface area contributed by atoms with Crippen LogP contribution < -0.4 is 15.4 Å². The first-order valence-electron chi connectivity index (χ1n) is 6.88. The summed E-state index contributed by atoms with van der Waals surface area (Å²) in [6.45, 7) is 2.23. The van der Waals surface area contributed by atoms with Gasteiger partial charge in [-0.25, -0.2) is 4.79 Å². The predicted octanol–water partition coefficient (Wildman–Crippen LogP) is 3.11. The summed E-state index contributed by atoms with van der Waals surface area (Å²) in [4.78, 5) is 12.2. The van der Waals surface area contributed by atoms with Crippen molar-refractivity contribution in [3.63, 3.8) is 0 Å². The van der Waals surface area contributed by atoms with Gasteiger partial charge in [0.05, 0.1) is 20.0 Å². The van der Waals surface area contributed by atoms with Gasteiger partial charge in [-0.05, 0) is 30.7 Å². The molecule has 0 spiro atoms. The molecule has 6 heteroatoms. The Balaban J connectivity index is 2.05. The summed E-state index contributed by atoms with van der Waals surface area (Å²) >= 11 is 0. The molecule has 1 aromatic heterocycles. The number of ether oxygens (including phenoxy) is 2. The van der Waals surface area contributed by atoms with E-state index < -0.39 is 0 Å². The van der Waals surface area contributed by atoms with E-state index in [-0.39, 0.29) is 12.1 Å². The van der Waals surface area contributed by atoms with Crippen LogP contribution >= 0.6 is 0 Å². The molecule has 0 saturated carbocycles. The van der Waals surface area contributed by atoms with E-state index >= 15 is 0 Å². The van der Waals surface area contributed by atoms with E-state index in [1.54, 1.807) is 38.7 Å². The van der Waals surface area contributed by atoms with Gasteiger partial charge in [-0.1, -0.05) is 6.07 Å². The minimum absolute atomic E-state index is 0.317.